The number of hydrogen-bond donors (Lipinski definition) is 3. The van der Waals surface area contributed by atoms with E-state index in [4.69, 9.17) is 11.5 Å². The third-order valence-electron chi connectivity index (χ3n) is 2.36. The third kappa shape index (κ3) is 6.26. The maximum atomic E-state index is 11.7. The Hall–Kier alpha value is -1.53. The van der Waals surface area contributed by atoms with Gasteiger partial charge in [0, 0.05) is 17.4 Å². The number of hydrogen-bond acceptors (Lipinski definition) is 4. The molecule has 0 spiro atoms. The van der Waals surface area contributed by atoms with E-state index in [2.05, 4.69) is 5.32 Å². The maximum Gasteiger partial charge on any atom is 0.227 e. The lowest BCUT2D eigenvalue weighted by Crippen LogP contribution is -2.19. The summed E-state index contributed by atoms with van der Waals surface area (Å²) in [5.41, 5.74) is 11.4. The Morgan fingerprint density at radius 1 is 1.37 bits per heavy atom. The fourth-order valence-corrected chi connectivity index (χ4v) is 2.16. The molecule has 1 aromatic carbocycles. The van der Waals surface area contributed by atoms with Gasteiger partial charge in [0.25, 0.3) is 0 Å². The molecular weight excluding hydrogens is 262 g/mol. The van der Waals surface area contributed by atoms with Gasteiger partial charge in [0.15, 0.2) is 0 Å². The lowest BCUT2D eigenvalue weighted by Gasteiger charge is -2.10. The summed E-state index contributed by atoms with van der Waals surface area (Å²) in [5.74, 6) is -0.278. The largest absolute Gasteiger partial charge is 0.369 e. The number of carbonyl (C=O) groups excluding carboxylic acids is 2. The number of anilines is 1. The second-order valence-corrected chi connectivity index (χ2v) is 5.33. The number of carbonyl (C=O) groups is 2. The molecule has 0 saturated heterocycles. The summed E-state index contributed by atoms with van der Waals surface area (Å²) >= 11 is 1.31. The zero-order valence-electron chi connectivity index (χ0n) is 10.9. The van der Waals surface area contributed by atoms with Crippen LogP contribution in [0.3, 0.4) is 0 Å². The summed E-state index contributed by atoms with van der Waals surface area (Å²) in [7, 11) is 0. The first-order valence-corrected chi connectivity index (χ1v) is 7.03. The summed E-state index contributed by atoms with van der Waals surface area (Å²) in [6.07, 6.45) is 1.02. The molecule has 1 unspecified atom stereocenters. The number of para-hydroxylation sites is 1. The van der Waals surface area contributed by atoms with Crippen molar-refractivity contribution < 1.29 is 9.59 Å². The fraction of sp³-hybridized carbons (Fsp3) is 0.385. The average molecular weight is 281 g/mol. The van der Waals surface area contributed by atoms with Crippen LogP contribution in [0.2, 0.25) is 0 Å². The monoisotopic (exact) mass is 281 g/mol. The zero-order valence-corrected chi connectivity index (χ0v) is 11.7. The van der Waals surface area contributed by atoms with Gasteiger partial charge in [0.05, 0.1) is 11.4 Å². The van der Waals surface area contributed by atoms with Crippen LogP contribution in [0.5, 0.6) is 0 Å². The van der Waals surface area contributed by atoms with Gasteiger partial charge in [-0.1, -0.05) is 12.1 Å². The Bertz CT molecular complexity index is 449. The predicted octanol–water partition coefficient (Wildman–Crippen LogP) is 1.33. The van der Waals surface area contributed by atoms with Crippen LogP contribution in [-0.4, -0.2) is 23.6 Å². The Labute approximate surface area is 117 Å². The van der Waals surface area contributed by atoms with E-state index in [1.165, 1.54) is 11.8 Å². The van der Waals surface area contributed by atoms with E-state index >= 15 is 0 Å². The quantitative estimate of drug-likeness (QED) is 0.657. The van der Waals surface area contributed by atoms with Crippen LogP contribution >= 0.6 is 11.8 Å². The molecule has 0 heterocycles. The molecule has 2 amide bonds. The van der Waals surface area contributed by atoms with E-state index in [0.717, 1.165) is 4.90 Å². The smallest absolute Gasteiger partial charge is 0.227 e. The van der Waals surface area contributed by atoms with Crippen LogP contribution in [0.1, 0.15) is 19.8 Å². The molecule has 0 aliphatic rings. The van der Waals surface area contributed by atoms with E-state index in [1.807, 2.05) is 25.1 Å². The number of rotatable bonds is 7. The molecule has 1 atom stereocenters. The van der Waals surface area contributed by atoms with Crippen molar-refractivity contribution in [3.63, 3.8) is 0 Å². The highest BCUT2D eigenvalue weighted by Gasteiger charge is 2.08. The van der Waals surface area contributed by atoms with Crippen LogP contribution < -0.4 is 16.8 Å². The second-order valence-electron chi connectivity index (χ2n) is 4.32. The van der Waals surface area contributed by atoms with Gasteiger partial charge in [-0.2, -0.15) is 0 Å². The predicted molar refractivity (Wildman–Crippen MR) is 77.9 cm³/mol. The van der Waals surface area contributed by atoms with E-state index in [0.29, 0.717) is 18.5 Å². The van der Waals surface area contributed by atoms with E-state index in [-0.39, 0.29) is 23.6 Å². The van der Waals surface area contributed by atoms with Crippen LogP contribution in [0.4, 0.5) is 5.69 Å². The molecule has 0 aliphatic heterocycles. The van der Waals surface area contributed by atoms with Gasteiger partial charge < -0.3 is 16.8 Å². The maximum absolute atomic E-state index is 11.7. The molecule has 0 aromatic heterocycles. The minimum Gasteiger partial charge on any atom is -0.369 e. The Balaban J connectivity index is 2.61. The summed E-state index contributed by atoms with van der Waals surface area (Å²) in [4.78, 5) is 23.4. The summed E-state index contributed by atoms with van der Waals surface area (Å²) in [5, 5.41) is 2.82. The number of nitrogens with two attached hydrogens (primary N) is 2. The number of benzene rings is 1. The van der Waals surface area contributed by atoms with E-state index < -0.39 is 0 Å². The van der Waals surface area contributed by atoms with E-state index in [1.54, 1.807) is 6.07 Å². The van der Waals surface area contributed by atoms with Crippen molar-refractivity contribution in [1.29, 1.82) is 0 Å². The third-order valence-corrected chi connectivity index (χ3v) is 3.45. The molecule has 0 bridgehead atoms. The lowest BCUT2D eigenvalue weighted by atomic mass is 10.2. The van der Waals surface area contributed by atoms with Gasteiger partial charge >= 0.3 is 0 Å². The minimum absolute atomic E-state index is 0.00484. The van der Waals surface area contributed by atoms with Crippen molar-refractivity contribution in [3.05, 3.63) is 24.3 Å². The Kier molecular flexibility index (Phi) is 6.38. The van der Waals surface area contributed by atoms with Gasteiger partial charge in [-0.05, 0) is 25.5 Å². The zero-order chi connectivity index (χ0) is 14.3. The van der Waals surface area contributed by atoms with E-state index in [9.17, 15) is 9.59 Å². The molecule has 5 nitrogen and oxygen atoms in total. The van der Waals surface area contributed by atoms with Crippen LogP contribution in [0, 0.1) is 0 Å². The SMILES string of the molecule is CC(N)CCC(=O)Nc1ccccc1SCC(N)=O. The van der Waals surface area contributed by atoms with Crippen LogP contribution in [0.25, 0.3) is 0 Å². The van der Waals surface area contributed by atoms with Crippen LogP contribution in [-0.2, 0) is 9.59 Å². The normalized spacial score (nSPS) is 11.9. The first kappa shape index (κ1) is 15.5. The van der Waals surface area contributed by atoms with Gasteiger partial charge in [-0.15, -0.1) is 11.8 Å². The number of primary amides is 1. The Morgan fingerprint density at radius 3 is 2.68 bits per heavy atom. The van der Waals surface area contributed by atoms with Gasteiger partial charge in [-0.25, -0.2) is 0 Å². The summed E-state index contributed by atoms with van der Waals surface area (Å²) < 4.78 is 0. The standard InChI is InChI=1S/C13H19N3O2S/c1-9(14)6-7-13(18)16-10-4-2-3-5-11(10)19-8-12(15)17/h2-5,9H,6-8,14H2,1H3,(H2,15,17)(H,16,18). The van der Waals surface area contributed by atoms with Crippen molar-refractivity contribution >= 4 is 29.3 Å². The number of nitrogens with one attached hydrogen (secondary N) is 1. The Morgan fingerprint density at radius 2 is 2.05 bits per heavy atom. The molecule has 1 aromatic rings. The van der Waals surface area contributed by atoms with Crippen molar-refractivity contribution in [3.8, 4) is 0 Å². The molecule has 1 rings (SSSR count). The molecule has 6 heteroatoms. The molecule has 5 N–H and O–H groups in total. The number of amides is 2. The topological polar surface area (TPSA) is 98.2 Å². The average Bonchev–Trinajstić information content (AvgIpc) is 2.35. The molecule has 19 heavy (non-hydrogen) atoms. The molecule has 0 saturated carbocycles. The molecule has 104 valence electrons. The minimum atomic E-state index is -0.386. The molecule has 0 aliphatic carbocycles. The van der Waals surface area contributed by atoms with Gasteiger partial charge in [-0.3, -0.25) is 9.59 Å². The highest BCUT2D eigenvalue weighted by molar-refractivity contribution is 8.00. The summed E-state index contributed by atoms with van der Waals surface area (Å²) in [6.45, 7) is 1.87. The lowest BCUT2D eigenvalue weighted by molar-refractivity contribution is -0.116. The molecule has 0 radical (unpaired) electrons. The first-order valence-electron chi connectivity index (χ1n) is 6.04. The highest BCUT2D eigenvalue weighted by atomic mass is 32.2. The molecule has 0 fully saturated rings. The van der Waals surface area contributed by atoms with Gasteiger partial charge in [0.1, 0.15) is 0 Å². The summed E-state index contributed by atoms with van der Waals surface area (Å²) in [6, 6.07) is 7.32. The number of thioether (sulfide) groups is 1. The second kappa shape index (κ2) is 7.81. The fourth-order valence-electron chi connectivity index (χ4n) is 1.42. The van der Waals surface area contributed by atoms with Crippen molar-refractivity contribution in [2.24, 2.45) is 11.5 Å². The first-order chi connectivity index (χ1) is 8.99. The van der Waals surface area contributed by atoms with Crippen LogP contribution in [0.15, 0.2) is 29.2 Å². The van der Waals surface area contributed by atoms with Crippen molar-refractivity contribution in [1.82, 2.24) is 0 Å². The molecular formula is C13H19N3O2S. The van der Waals surface area contributed by atoms with Crippen molar-refractivity contribution in [2.45, 2.75) is 30.7 Å². The van der Waals surface area contributed by atoms with Gasteiger partial charge in [0.2, 0.25) is 11.8 Å². The highest BCUT2D eigenvalue weighted by Crippen LogP contribution is 2.26. The van der Waals surface area contributed by atoms with Crippen molar-refractivity contribution in [2.75, 3.05) is 11.1 Å².